The van der Waals surface area contributed by atoms with Gasteiger partial charge < -0.3 is 14.7 Å². The molecule has 2 aromatic rings. The Labute approximate surface area is 212 Å². The van der Waals surface area contributed by atoms with Gasteiger partial charge in [0.15, 0.2) is 6.04 Å². The summed E-state index contributed by atoms with van der Waals surface area (Å²) in [6.07, 6.45) is 1.27. The van der Waals surface area contributed by atoms with E-state index in [4.69, 9.17) is 4.74 Å². The molecule has 5 rings (SSSR count). The summed E-state index contributed by atoms with van der Waals surface area (Å²) in [6, 6.07) is 13.4. The highest BCUT2D eigenvalue weighted by Gasteiger charge is 2.58. The Kier molecular flexibility index (Phi) is 6.59. The molecule has 2 aromatic carbocycles. The van der Waals surface area contributed by atoms with Crippen LogP contribution in [0.5, 0.6) is 0 Å². The molecule has 0 bridgehead atoms. The first-order chi connectivity index (χ1) is 17.3. The maximum atomic E-state index is 13.3. The van der Waals surface area contributed by atoms with Crippen molar-refractivity contribution >= 4 is 35.5 Å². The van der Waals surface area contributed by atoms with E-state index >= 15 is 0 Å². The van der Waals surface area contributed by atoms with Gasteiger partial charge in [0.2, 0.25) is 0 Å². The van der Waals surface area contributed by atoms with Gasteiger partial charge >= 0.3 is 11.9 Å². The number of imide groups is 1. The third-order valence-electron chi connectivity index (χ3n) is 7.16. The van der Waals surface area contributed by atoms with Gasteiger partial charge in [-0.25, -0.2) is 4.79 Å². The minimum absolute atomic E-state index is 0.101. The number of likely N-dealkylation sites (tertiary alicyclic amines) is 1. The molecule has 0 saturated carbocycles. The van der Waals surface area contributed by atoms with Crippen molar-refractivity contribution in [1.29, 1.82) is 0 Å². The molecule has 0 radical (unpaired) electrons. The number of nitrogens with one attached hydrogen (secondary N) is 1. The Hall–Kier alpha value is -3.21. The highest BCUT2D eigenvalue weighted by Crippen LogP contribution is 2.48. The number of carbonyl (C=O) groups excluding carboxylic acids is 3. The molecule has 3 heterocycles. The molecular formula is C26H27N3O6S. The molecule has 0 aliphatic carbocycles. The number of esters is 1. The van der Waals surface area contributed by atoms with E-state index < -0.39 is 46.0 Å². The number of hydrogen-bond acceptors (Lipinski definition) is 8. The molecule has 3 unspecified atom stereocenters. The number of carbonyl (C=O) groups is 4. The zero-order valence-corrected chi connectivity index (χ0v) is 20.6. The lowest BCUT2D eigenvalue weighted by molar-refractivity contribution is -0.149. The van der Waals surface area contributed by atoms with Crippen LogP contribution < -0.4 is 5.32 Å². The van der Waals surface area contributed by atoms with E-state index in [0.717, 1.165) is 23.6 Å². The van der Waals surface area contributed by atoms with E-state index in [2.05, 4.69) is 10.2 Å². The van der Waals surface area contributed by atoms with E-state index in [-0.39, 0.29) is 17.7 Å². The number of carboxylic acid groups (broad SMARTS) is 1. The molecule has 3 aliphatic rings. The van der Waals surface area contributed by atoms with E-state index in [1.165, 1.54) is 23.9 Å². The van der Waals surface area contributed by atoms with Gasteiger partial charge in [0.1, 0.15) is 12.6 Å². The van der Waals surface area contributed by atoms with Crippen molar-refractivity contribution in [2.75, 3.05) is 20.1 Å². The Balaban J connectivity index is 1.42. The van der Waals surface area contributed by atoms with Crippen molar-refractivity contribution in [1.82, 2.24) is 15.1 Å². The van der Waals surface area contributed by atoms with Crippen LogP contribution in [-0.4, -0.2) is 81.0 Å². The number of amides is 2. The molecule has 3 atom stereocenters. The number of ether oxygens (including phenoxy) is 1. The lowest BCUT2D eigenvalue weighted by atomic mass is 9.88. The zero-order chi connectivity index (χ0) is 25.4. The summed E-state index contributed by atoms with van der Waals surface area (Å²) in [5, 5.41) is 12.5. The molecule has 188 valence electrons. The number of piperidine rings is 1. The number of rotatable bonds is 6. The standard InChI is InChI=1S/C26H27N3O6S/c1-28-13-11-26(12-14-28)20(25(34)35-15-16-7-3-2-4-8-16)27-21(36-26)19(24(32)33)29-22(30)17-9-5-6-10-18(17)23(29)31/h2-10,19-21,27H,11-15H2,1H3,(H,32,33). The Bertz CT molecular complexity index is 1160. The van der Waals surface area contributed by atoms with Crippen LogP contribution in [0.25, 0.3) is 0 Å². The number of carboxylic acids is 1. The van der Waals surface area contributed by atoms with Crippen molar-refractivity contribution in [3.05, 3.63) is 71.3 Å². The first-order valence-electron chi connectivity index (χ1n) is 11.8. The molecule has 10 heteroatoms. The van der Waals surface area contributed by atoms with Gasteiger partial charge in [0, 0.05) is 4.75 Å². The second-order valence-corrected chi connectivity index (χ2v) is 11.0. The van der Waals surface area contributed by atoms with Crippen LogP contribution >= 0.6 is 11.8 Å². The van der Waals surface area contributed by atoms with Crippen LogP contribution in [0.4, 0.5) is 0 Å². The number of benzene rings is 2. The highest BCUT2D eigenvalue weighted by molar-refractivity contribution is 8.01. The average molecular weight is 510 g/mol. The number of nitrogens with zero attached hydrogens (tertiary/aromatic N) is 2. The van der Waals surface area contributed by atoms with Crippen LogP contribution in [0.15, 0.2) is 54.6 Å². The van der Waals surface area contributed by atoms with Crippen molar-refractivity contribution in [3.63, 3.8) is 0 Å². The van der Waals surface area contributed by atoms with Crippen LogP contribution in [0, 0.1) is 0 Å². The predicted molar refractivity (Wildman–Crippen MR) is 132 cm³/mol. The highest BCUT2D eigenvalue weighted by atomic mass is 32.2. The lowest BCUT2D eigenvalue weighted by Gasteiger charge is -2.39. The van der Waals surface area contributed by atoms with E-state index in [1.807, 2.05) is 37.4 Å². The molecule has 3 aliphatic heterocycles. The van der Waals surface area contributed by atoms with Crippen molar-refractivity contribution in [3.8, 4) is 0 Å². The third kappa shape index (κ3) is 4.29. The first kappa shape index (κ1) is 24.5. The predicted octanol–water partition coefficient (Wildman–Crippen LogP) is 1.97. The molecule has 9 nitrogen and oxygen atoms in total. The van der Waals surface area contributed by atoms with Crippen molar-refractivity contribution in [2.45, 2.75) is 41.7 Å². The smallest absolute Gasteiger partial charge is 0.329 e. The van der Waals surface area contributed by atoms with Gasteiger partial charge in [0.25, 0.3) is 11.8 Å². The minimum atomic E-state index is -1.48. The van der Waals surface area contributed by atoms with Crippen molar-refractivity contribution < 1.29 is 29.0 Å². The number of aliphatic carboxylic acids is 1. The average Bonchev–Trinajstić information content (AvgIpc) is 3.36. The Morgan fingerprint density at radius 3 is 2.22 bits per heavy atom. The summed E-state index contributed by atoms with van der Waals surface area (Å²) in [4.78, 5) is 55.0. The normalized spacial score (nSPS) is 24.1. The molecule has 0 aromatic heterocycles. The molecular weight excluding hydrogens is 482 g/mol. The third-order valence-corrected chi connectivity index (χ3v) is 8.92. The number of fused-ring (bicyclic) bond motifs is 1. The number of thioether (sulfide) groups is 1. The molecule has 36 heavy (non-hydrogen) atoms. The fraction of sp³-hybridized carbons (Fsp3) is 0.385. The summed E-state index contributed by atoms with van der Waals surface area (Å²) < 4.78 is 5.04. The fourth-order valence-electron chi connectivity index (χ4n) is 5.16. The SMILES string of the molecule is CN1CCC2(CC1)SC(C(C(=O)O)N1C(=O)c3ccccc3C1=O)NC2C(=O)OCc1ccccc1. The monoisotopic (exact) mass is 509 g/mol. The molecule has 2 saturated heterocycles. The van der Waals surface area contributed by atoms with Gasteiger partial charge in [-0.05, 0) is 50.7 Å². The largest absolute Gasteiger partial charge is 0.480 e. The fourth-order valence-corrected chi connectivity index (χ4v) is 6.96. The quantitative estimate of drug-likeness (QED) is 0.445. The van der Waals surface area contributed by atoms with Crippen molar-refractivity contribution in [2.24, 2.45) is 0 Å². The second kappa shape index (κ2) is 9.68. The molecule has 2 amide bonds. The second-order valence-electron chi connectivity index (χ2n) is 9.41. The summed E-state index contributed by atoms with van der Waals surface area (Å²) in [5.41, 5.74) is 1.22. The zero-order valence-electron chi connectivity index (χ0n) is 19.8. The van der Waals surface area contributed by atoms with Crippen LogP contribution in [0.1, 0.15) is 39.1 Å². The lowest BCUT2D eigenvalue weighted by Crippen LogP contribution is -2.56. The number of hydrogen-bond donors (Lipinski definition) is 2. The summed E-state index contributed by atoms with van der Waals surface area (Å²) in [7, 11) is 2.00. The maximum Gasteiger partial charge on any atom is 0.329 e. The van der Waals surface area contributed by atoms with Crippen LogP contribution in [-0.2, 0) is 20.9 Å². The molecule has 2 N–H and O–H groups in total. The maximum absolute atomic E-state index is 13.3. The van der Waals surface area contributed by atoms with Crippen LogP contribution in [0.2, 0.25) is 0 Å². The summed E-state index contributed by atoms with van der Waals surface area (Å²) >= 11 is 1.33. The molecule has 1 spiro atoms. The summed E-state index contributed by atoms with van der Waals surface area (Å²) in [5.74, 6) is -3.06. The van der Waals surface area contributed by atoms with Gasteiger partial charge in [-0.15, -0.1) is 11.8 Å². The molecule has 2 fully saturated rings. The minimum Gasteiger partial charge on any atom is -0.480 e. The summed E-state index contributed by atoms with van der Waals surface area (Å²) in [6.45, 7) is 1.56. The van der Waals surface area contributed by atoms with Gasteiger partial charge in [-0.3, -0.25) is 24.6 Å². The van der Waals surface area contributed by atoms with E-state index in [9.17, 15) is 24.3 Å². The van der Waals surface area contributed by atoms with Gasteiger partial charge in [-0.1, -0.05) is 42.5 Å². The Morgan fingerprint density at radius 2 is 1.64 bits per heavy atom. The van der Waals surface area contributed by atoms with Gasteiger partial charge in [-0.2, -0.15) is 0 Å². The topological polar surface area (TPSA) is 116 Å². The van der Waals surface area contributed by atoms with E-state index in [0.29, 0.717) is 12.8 Å². The van der Waals surface area contributed by atoms with E-state index in [1.54, 1.807) is 12.1 Å². The van der Waals surface area contributed by atoms with Crippen LogP contribution in [0.3, 0.4) is 0 Å². The van der Waals surface area contributed by atoms with Gasteiger partial charge in [0.05, 0.1) is 16.5 Å². The first-order valence-corrected chi connectivity index (χ1v) is 12.7. The Morgan fingerprint density at radius 1 is 1.06 bits per heavy atom.